The average Bonchev–Trinajstić information content (AvgIpc) is 2.10. The lowest BCUT2D eigenvalue weighted by molar-refractivity contribution is -0.117. The Morgan fingerprint density at radius 1 is 1.45 bits per heavy atom. The van der Waals surface area contributed by atoms with Crippen LogP contribution in [0.3, 0.4) is 0 Å². The zero-order valence-electron chi connectivity index (χ0n) is 7.82. The number of hydrogen-bond acceptors (Lipinski definition) is 2. The molecule has 0 spiro atoms. The zero-order valence-corrected chi connectivity index (χ0v) is 7.82. The van der Waals surface area contributed by atoms with Crippen LogP contribution in [0.5, 0.6) is 0 Å². The van der Waals surface area contributed by atoms with Crippen LogP contribution in [-0.4, -0.2) is 17.9 Å². The van der Waals surface area contributed by atoms with E-state index in [4.69, 9.17) is 0 Å². The first-order valence-electron chi connectivity index (χ1n) is 4.12. The lowest BCUT2D eigenvalue weighted by Crippen LogP contribution is -2.47. The molecule has 1 fully saturated rings. The largest absolute Gasteiger partial charge is 0.304 e. The summed E-state index contributed by atoms with van der Waals surface area (Å²) in [7, 11) is 0. The third kappa shape index (κ3) is 1.45. The molecule has 1 unspecified atom stereocenters. The molecule has 1 saturated heterocycles. The first kappa shape index (κ1) is 8.72. The Morgan fingerprint density at radius 3 is 2.18 bits per heavy atom. The molecule has 0 aromatic carbocycles. The minimum atomic E-state index is 0.00405. The molecule has 1 atom stereocenters. The fourth-order valence-corrected chi connectivity index (χ4v) is 1.34. The van der Waals surface area contributed by atoms with Gasteiger partial charge in [0.1, 0.15) is 5.78 Å². The lowest BCUT2D eigenvalue weighted by atomic mass is 9.74. The highest BCUT2D eigenvalue weighted by Gasteiger charge is 2.42. The van der Waals surface area contributed by atoms with Gasteiger partial charge >= 0.3 is 0 Å². The van der Waals surface area contributed by atoms with Crippen LogP contribution in [0, 0.1) is 5.41 Å². The van der Waals surface area contributed by atoms with Crippen molar-refractivity contribution in [3.8, 4) is 0 Å². The zero-order chi connectivity index (χ0) is 8.70. The van der Waals surface area contributed by atoms with E-state index in [1.807, 2.05) is 0 Å². The van der Waals surface area contributed by atoms with Crippen LogP contribution in [0.4, 0.5) is 0 Å². The van der Waals surface area contributed by atoms with Gasteiger partial charge in [-0.3, -0.25) is 4.79 Å². The van der Waals surface area contributed by atoms with Crippen LogP contribution in [0.15, 0.2) is 0 Å². The summed E-state index contributed by atoms with van der Waals surface area (Å²) in [4.78, 5) is 11.0. The van der Waals surface area contributed by atoms with Gasteiger partial charge in [0.25, 0.3) is 0 Å². The van der Waals surface area contributed by atoms with Crippen molar-refractivity contribution in [1.82, 2.24) is 5.32 Å². The summed E-state index contributed by atoms with van der Waals surface area (Å²) in [6.45, 7) is 9.17. The Labute approximate surface area is 68.4 Å². The second-order valence-corrected chi connectivity index (χ2v) is 4.65. The van der Waals surface area contributed by atoms with Gasteiger partial charge in [0.15, 0.2) is 0 Å². The number of rotatable bonds is 0. The van der Waals surface area contributed by atoms with Crippen LogP contribution in [0.25, 0.3) is 0 Å². The first-order chi connectivity index (χ1) is 4.85. The number of hydrogen-bond donors (Lipinski definition) is 1. The number of carbonyl (C=O) groups excluding carboxylic acids is 1. The smallest absolute Gasteiger partial charge is 0.148 e. The summed E-state index contributed by atoms with van der Waals surface area (Å²) in [5.41, 5.74) is 0.170. The minimum Gasteiger partial charge on any atom is -0.304 e. The third-order valence-corrected chi connectivity index (χ3v) is 2.88. The van der Waals surface area contributed by atoms with Gasteiger partial charge in [-0.25, -0.2) is 0 Å². The van der Waals surface area contributed by atoms with Crippen molar-refractivity contribution in [2.24, 2.45) is 5.41 Å². The standard InChI is InChI=1S/C9H17NO/c1-8(2,3)9(4)5-7(11)6-10-9/h10H,5-6H2,1-4H3. The summed E-state index contributed by atoms with van der Waals surface area (Å²) in [5.74, 6) is 0.336. The van der Waals surface area contributed by atoms with Gasteiger partial charge in [-0.2, -0.15) is 0 Å². The van der Waals surface area contributed by atoms with Crippen molar-refractivity contribution in [1.29, 1.82) is 0 Å². The van der Waals surface area contributed by atoms with Crippen LogP contribution in [0.2, 0.25) is 0 Å². The highest BCUT2D eigenvalue weighted by atomic mass is 16.1. The maximum absolute atomic E-state index is 11.0. The summed E-state index contributed by atoms with van der Waals surface area (Å²) >= 11 is 0. The van der Waals surface area contributed by atoms with E-state index in [1.165, 1.54) is 0 Å². The molecular formula is C9H17NO. The summed E-state index contributed by atoms with van der Waals surface area (Å²) in [5, 5.41) is 3.27. The van der Waals surface area contributed by atoms with Crippen molar-refractivity contribution < 1.29 is 4.79 Å². The van der Waals surface area contributed by atoms with E-state index in [0.29, 0.717) is 18.7 Å². The Kier molecular flexibility index (Phi) is 1.83. The van der Waals surface area contributed by atoms with E-state index < -0.39 is 0 Å². The minimum absolute atomic E-state index is 0.00405. The summed E-state index contributed by atoms with van der Waals surface area (Å²) < 4.78 is 0. The molecule has 64 valence electrons. The van der Waals surface area contributed by atoms with Crippen LogP contribution in [0.1, 0.15) is 34.1 Å². The molecule has 1 rings (SSSR count). The van der Waals surface area contributed by atoms with Crippen molar-refractivity contribution in [2.45, 2.75) is 39.7 Å². The Balaban J connectivity index is 2.77. The second kappa shape index (κ2) is 2.31. The van der Waals surface area contributed by atoms with Crippen molar-refractivity contribution in [3.63, 3.8) is 0 Å². The SMILES string of the molecule is CC(C)(C)C1(C)CC(=O)CN1. The third-order valence-electron chi connectivity index (χ3n) is 2.88. The molecule has 0 bridgehead atoms. The van der Waals surface area contributed by atoms with Crippen molar-refractivity contribution in [3.05, 3.63) is 0 Å². The van der Waals surface area contributed by atoms with E-state index in [1.54, 1.807) is 0 Å². The number of nitrogens with one attached hydrogen (secondary N) is 1. The maximum atomic E-state index is 11.0. The molecule has 0 amide bonds. The van der Waals surface area contributed by atoms with Crippen LogP contribution in [-0.2, 0) is 4.79 Å². The van der Waals surface area contributed by atoms with E-state index in [0.717, 1.165) is 0 Å². The maximum Gasteiger partial charge on any atom is 0.148 e. The first-order valence-corrected chi connectivity index (χ1v) is 4.12. The van der Waals surface area contributed by atoms with Gasteiger partial charge in [-0.1, -0.05) is 20.8 Å². The van der Waals surface area contributed by atoms with E-state index in [2.05, 4.69) is 33.0 Å². The van der Waals surface area contributed by atoms with Crippen molar-refractivity contribution in [2.75, 3.05) is 6.54 Å². The number of Topliss-reactive ketones (excluding diaryl/α,β-unsaturated/α-hetero) is 1. The summed E-state index contributed by atoms with van der Waals surface area (Å²) in [6, 6.07) is 0. The molecule has 0 radical (unpaired) electrons. The molecule has 2 nitrogen and oxygen atoms in total. The van der Waals surface area contributed by atoms with Gasteiger partial charge in [0.05, 0.1) is 6.54 Å². The monoisotopic (exact) mass is 155 g/mol. The fourth-order valence-electron chi connectivity index (χ4n) is 1.34. The van der Waals surface area contributed by atoms with Gasteiger partial charge in [0, 0.05) is 12.0 Å². The second-order valence-electron chi connectivity index (χ2n) is 4.65. The molecule has 1 aliphatic rings. The Bertz CT molecular complexity index is 180. The molecule has 0 saturated carbocycles. The summed E-state index contributed by atoms with van der Waals surface area (Å²) in [6.07, 6.45) is 0.677. The molecule has 2 heteroatoms. The Hall–Kier alpha value is -0.370. The lowest BCUT2D eigenvalue weighted by Gasteiger charge is -2.38. The number of ketones is 1. The molecule has 0 aromatic heterocycles. The fraction of sp³-hybridized carbons (Fsp3) is 0.889. The van der Waals surface area contributed by atoms with E-state index >= 15 is 0 Å². The van der Waals surface area contributed by atoms with E-state index in [9.17, 15) is 4.79 Å². The quantitative estimate of drug-likeness (QED) is 0.572. The molecule has 0 aromatic rings. The van der Waals surface area contributed by atoms with Crippen LogP contribution >= 0.6 is 0 Å². The number of carbonyl (C=O) groups is 1. The van der Waals surface area contributed by atoms with Gasteiger partial charge in [-0.05, 0) is 12.3 Å². The Morgan fingerprint density at radius 2 is 2.00 bits per heavy atom. The highest BCUT2D eigenvalue weighted by molar-refractivity contribution is 5.84. The molecule has 0 aliphatic carbocycles. The molecule has 1 N–H and O–H groups in total. The van der Waals surface area contributed by atoms with Crippen LogP contribution < -0.4 is 5.32 Å². The molecule has 1 aliphatic heterocycles. The molecule has 11 heavy (non-hydrogen) atoms. The highest BCUT2D eigenvalue weighted by Crippen LogP contribution is 2.35. The average molecular weight is 155 g/mol. The molecular weight excluding hydrogens is 138 g/mol. The molecule has 1 heterocycles. The predicted molar refractivity (Wildman–Crippen MR) is 45.5 cm³/mol. The normalized spacial score (nSPS) is 32.9. The topological polar surface area (TPSA) is 29.1 Å². The van der Waals surface area contributed by atoms with Gasteiger partial charge < -0.3 is 5.32 Å². The predicted octanol–water partition coefficient (Wildman–Crippen LogP) is 1.35. The van der Waals surface area contributed by atoms with E-state index in [-0.39, 0.29) is 11.0 Å². The van der Waals surface area contributed by atoms with Gasteiger partial charge in [0.2, 0.25) is 0 Å². The van der Waals surface area contributed by atoms with Gasteiger partial charge in [-0.15, -0.1) is 0 Å². The van der Waals surface area contributed by atoms with Crippen molar-refractivity contribution >= 4 is 5.78 Å².